The van der Waals surface area contributed by atoms with Crippen LogP contribution < -0.4 is 5.32 Å². The number of benzene rings is 1. The van der Waals surface area contributed by atoms with E-state index < -0.39 is 0 Å². The highest BCUT2D eigenvalue weighted by Gasteiger charge is 2.24. The molecular formula is C27H30N6. The molecule has 0 bridgehead atoms. The predicted molar refractivity (Wildman–Crippen MR) is 135 cm³/mol. The summed E-state index contributed by atoms with van der Waals surface area (Å²) >= 11 is 0. The Morgan fingerprint density at radius 2 is 1.91 bits per heavy atom. The number of aromatic nitrogens is 4. The highest BCUT2D eigenvalue weighted by atomic mass is 15.2. The summed E-state index contributed by atoms with van der Waals surface area (Å²) in [5.74, 6) is 0. The largest absolute Gasteiger partial charge is 0.353 e. The molecule has 168 valence electrons. The third kappa shape index (κ3) is 4.52. The monoisotopic (exact) mass is 438 g/mol. The molecule has 4 aromatic rings. The van der Waals surface area contributed by atoms with Crippen molar-refractivity contribution < 1.29 is 0 Å². The second kappa shape index (κ2) is 9.16. The van der Waals surface area contributed by atoms with E-state index in [1.54, 1.807) is 12.4 Å². The van der Waals surface area contributed by atoms with E-state index in [4.69, 9.17) is 0 Å². The molecule has 0 radical (unpaired) electrons. The first kappa shape index (κ1) is 21.3. The van der Waals surface area contributed by atoms with Gasteiger partial charge >= 0.3 is 0 Å². The number of likely N-dealkylation sites (tertiary alicyclic amines) is 1. The van der Waals surface area contributed by atoms with Crippen LogP contribution in [0.3, 0.4) is 0 Å². The summed E-state index contributed by atoms with van der Waals surface area (Å²) in [4.78, 5) is 11.3. The van der Waals surface area contributed by atoms with Crippen molar-refractivity contribution in [3.63, 3.8) is 0 Å². The van der Waals surface area contributed by atoms with Gasteiger partial charge in [-0.05, 0) is 68.1 Å². The lowest BCUT2D eigenvalue weighted by Crippen LogP contribution is -2.42. The fourth-order valence-corrected chi connectivity index (χ4v) is 4.82. The number of nitrogens with zero attached hydrogens (tertiary/aromatic N) is 4. The van der Waals surface area contributed by atoms with Crippen LogP contribution in [-0.2, 0) is 6.54 Å². The number of H-pyrrole nitrogens is 1. The van der Waals surface area contributed by atoms with Crippen molar-refractivity contribution in [1.29, 1.82) is 0 Å². The Labute approximate surface area is 194 Å². The maximum atomic E-state index is 4.57. The Morgan fingerprint density at radius 3 is 2.70 bits per heavy atom. The predicted octanol–water partition coefficient (Wildman–Crippen LogP) is 5.87. The second-order valence-corrected chi connectivity index (χ2v) is 9.06. The minimum Gasteiger partial charge on any atom is -0.353 e. The van der Waals surface area contributed by atoms with Gasteiger partial charge < -0.3 is 5.32 Å². The molecule has 0 spiro atoms. The van der Waals surface area contributed by atoms with Crippen LogP contribution in [0.25, 0.3) is 27.7 Å². The molecule has 6 heteroatoms. The van der Waals surface area contributed by atoms with Crippen molar-refractivity contribution >= 4 is 22.3 Å². The molecule has 0 saturated carbocycles. The van der Waals surface area contributed by atoms with Crippen LogP contribution in [0.5, 0.6) is 0 Å². The number of aromatic amines is 1. The lowest BCUT2D eigenvalue weighted by atomic mass is 9.96. The number of hydrogen-bond donors (Lipinski definition) is 2. The molecule has 2 N–H and O–H groups in total. The summed E-state index contributed by atoms with van der Waals surface area (Å²) in [6.45, 7) is 9.82. The number of rotatable bonds is 6. The molecule has 1 aliphatic rings. The number of pyridine rings is 2. The van der Waals surface area contributed by atoms with E-state index in [2.05, 4.69) is 75.1 Å². The van der Waals surface area contributed by atoms with E-state index in [0.29, 0.717) is 12.1 Å². The van der Waals surface area contributed by atoms with Gasteiger partial charge in [-0.3, -0.25) is 20.0 Å². The first-order valence-electron chi connectivity index (χ1n) is 11.6. The number of hydrogen-bond acceptors (Lipinski definition) is 5. The average molecular weight is 439 g/mol. The quantitative estimate of drug-likeness (QED) is 0.394. The van der Waals surface area contributed by atoms with E-state index in [-0.39, 0.29) is 0 Å². The zero-order valence-corrected chi connectivity index (χ0v) is 19.3. The third-order valence-electron chi connectivity index (χ3n) is 6.67. The molecule has 1 fully saturated rings. The van der Waals surface area contributed by atoms with Crippen LogP contribution in [0, 0.1) is 0 Å². The van der Waals surface area contributed by atoms with Crippen molar-refractivity contribution in [2.24, 2.45) is 0 Å². The van der Waals surface area contributed by atoms with Crippen LogP contribution in [-0.4, -0.2) is 37.1 Å². The summed E-state index contributed by atoms with van der Waals surface area (Å²) in [5.41, 5.74) is 6.87. The first-order valence-corrected chi connectivity index (χ1v) is 11.6. The summed E-state index contributed by atoms with van der Waals surface area (Å²) in [5, 5.41) is 12.0. The first-order chi connectivity index (χ1) is 16.1. The number of nitrogens with one attached hydrogen (secondary N) is 2. The molecule has 2 atom stereocenters. The highest BCUT2D eigenvalue weighted by Crippen LogP contribution is 2.30. The highest BCUT2D eigenvalue weighted by molar-refractivity contribution is 5.94. The molecule has 1 saturated heterocycles. The van der Waals surface area contributed by atoms with Gasteiger partial charge in [0, 0.05) is 48.2 Å². The van der Waals surface area contributed by atoms with Gasteiger partial charge in [-0.1, -0.05) is 19.1 Å². The topological polar surface area (TPSA) is 69.7 Å². The third-order valence-corrected chi connectivity index (χ3v) is 6.67. The van der Waals surface area contributed by atoms with E-state index in [1.807, 2.05) is 24.5 Å². The number of anilines is 1. The van der Waals surface area contributed by atoms with Crippen LogP contribution >= 0.6 is 0 Å². The summed E-state index contributed by atoms with van der Waals surface area (Å²) in [6.07, 6.45) is 11.3. The standard InChI is InChI=1S/C27H30N6/c1-18-6-4-7-19(2)33(18)17-21-12-23(15-29-14-21)22-9-10-26-25(13-22)27(32-31-26)20(3)30-24-8-5-11-28-16-24/h5,8-16,18-19,30H,3-4,6-7,17H2,1-2H3,(H,31,32). The van der Waals surface area contributed by atoms with E-state index >= 15 is 0 Å². The molecule has 1 aliphatic heterocycles. The second-order valence-electron chi connectivity index (χ2n) is 9.06. The van der Waals surface area contributed by atoms with Gasteiger partial charge in [-0.2, -0.15) is 5.10 Å². The smallest absolute Gasteiger partial charge is 0.116 e. The summed E-state index contributed by atoms with van der Waals surface area (Å²) in [7, 11) is 0. The maximum absolute atomic E-state index is 4.57. The average Bonchev–Trinajstić information content (AvgIpc) is 3.26. The molecule has 6 nitrogen and oxygen atoms in total. The molecule has 3 aromatic heterocycles. The maximum Gasteiger partial charge on any atom is 0.116 e. The Balaban J connectivity index is 1.41. The summed E-state index contributed by atoms with van der Waals surface area (Å²) < 4.78 is 0. The minimum atomic E-state index is 0.612. The zero-order chi connectivity index (χ0) is 22.8. The SMILES string of the molecule is C=C(Nc1cccnc1)c1n[nH]c2ccc(-c3cncc(CN4C(C)CCCC4C)c3)cc12. The molecular weight excluding hydrogens is 408 g/mol. The van der Waals surface area contributed by atoms with E-state index in [9.17, 15) is 0 Å². The fraction of sp³-hybridized carbons (Fsp3) is 0.296. The van der Waals surface area contributed by atoms with Crippen LogP contribution in [0.4, 0.5) is 5.69 Å². The molecule has 0 aliphatic carbocycles. The summed E-state index contributed by atoms with van der Waals surface area (Å²) in [6, 6.07) is 13.7. The van der Waals surface area contributed by atoms with Crippen LogP contribution in [0.2, 0.25) is 0 Å². The Morgan fingerprint density at radius 1 is 1.06 bits per heavy atom. The van der Waals surface area contributed by atoms with Gasteiger partial charge in [0.15, 0.2) is 0 Å². The molecule has 5 rings (SSSR count). The number of fused-ring (bicyclic) bond motifs is 1. The van der Waals surface area contributed by atoms with Crippen molar-refractivity contribution in [2.45, 2.75) is 51.7 Å². The van der Waals surface area contributed by atoms with E-state index in [0.717, 1.165) is 45.7 Å². The van der Waals surface area contributed by atoms with Crippen molar-refractivity contribution in [2.75, 3.05) is 5.32 Å². The lowest BCUT2D eigenvalue weighted by Gasteiger charge is -2.39. The van der Waals surface area contributed by atoms with Crippen LogP contribution in [0.1, 0.15) is 44.4 Å². The van der Waals surface area contributed by atoms with Crippen molar-refractivity contribution in [1.82, 2.24) is 25.1 Å². The lowest BCUT2D eigenvalue weighted by molar-refractivity contribution is 0.0952. The van der Waals surface area contributed by atoms with Gasteiger partial charge in [0.2, 0.25) is 0 Å². The van der Waals surface area contributed by atoms with Gasteiger partial charge in [0.05, 0.1) is 23.1 Å². The normalized spacial score (nSPS) is 19.0. The van der Waals surface area contributed by atoms with Crippen LogP contribution in [0.15, 0.2) is 67.8 Å². The van der Waals surface area contributed by atoms with Gasteiger partial charge in [0.1, 0.15) is 5.69 Å². The number of piperidine rings is 1. The molecule has 33 heavy (non-hydrogen) atoms. The Bertz CT molecular complexity index is 1250. The van der Waals surface area contributed by atoms with Crippen molar-refractivity contribution in [3.05, 3.63) is 79.0 Å². The molecule has 1 aromatic carbocycles. The minimum absolute atomic E-state index is 0.612. The zero-order valence-electron chi connectivity index (χ0n) is 19.3. The Hall–Kier alpha value is -3.51. The molecule has 0 amide bonds. The van der Waals surface area contributed by atoms with Gasteiger partial charge in [0.25, 0.3) is 0 Å². The van der Waals surface area contributed by atoms with E-state index in [1.165, 1.54) is 24.8 Å². The molecule has 2 unspecified atom stereocenters. The van der Waals surface area contributed by atoms with Gasteiger partial charge in [-0.25, -0.2) is 0 Å². The van der Waals surface area contributed by atoms with Crippen molar-refractivity contribution in [3.8, 4) is 11.1 Å². The molecule has 4 heterocycles. The fourth-order valence-electron chi connectivity index (χ4n) is 4.82. The Kier molecular flexibility index (Phi) is 5.92. The van der Waals surface area contributed by atoms with Gasteiger partial charge in [-0.15, -0.1) is 0 Å².